The highest BCUT2D eigenvalue weighted by molar-refractivity contribution is 9.13. The Morgan fingerprint density at radius 3 is 2.56 bits per heavy atom. The van der Waals surface area contributed by atoms with Crippen molar-refractivity contribution in [2.75, 3.05) is 0 Å². The smallest absolute Gasteiger partial charge is 0.107 e. The summed E-state index contributed by atoms with van der Waals surface area (Å²) in [6.07, 6.45) is 2.83. The summed E-state index contributed by atoms with van der Waals surface area (Å²) in [6, 6.07) is 5.67. The van der Waals surface area contributed by atoms with E-state index in [1.165, 1.54) is 0 Å². The largest absolute Gasteiger partial charge is 0.384 e. The van der Waals surface area contributed by atoms with Gasteiger partial charge in [0.05, 0.1) is 6.20 Å². The molecule has 2 rings (SSSR count). The topological polar surface area (TPSA) is 38.0 Å². The third kappa shape index (κ3) is 2.36. The van der Waals surface area contributed by atoms with Crippen molar-refractivity contribution >= 4 is 31.9 Å². The zero-order valence-corrected chi connectivity index (χ0v) is 11.7. The van der Waals surface area contributed by atoms with Crippen LogP contribution < -0.4 is 0 Å². The number of hydrogen-bond donors (Lipinski definition) is 1. The van der Waals surface area contributed by atoms with Crippen LogP contribution in [0.1, 0.15) is 17.2 Å². The van der Waals surface area contributed by atoms with Gasteiger partial charge in [0.15, 0.2) is 0 Å². The minimum absolute atomic E-state index is 0.641. The Morgan fingerprint density at radius 2 is 2.00 bits per heavy atom. The van der Waals surface area contributed by atoms with E-state index in [0.29, 0.717) is 0 Å². The molecular weight excluding hydrogens is 336 g/mol. The van der Waals surface area contributed by atoms with Crippen LogP contribution in [0.5, 0.6) is 0 Å². The number of nitrogens with zero attached hydrogens (tertiary/aromatic N) is 2. The maximum atomic E-state index is 10.1. The van der Waals surface area contributed by atoms with Crippen LogP contribution >= 0.6 is 31.9 Å². The van der Waals surface area contributed by atoms with E-state index in [-0.39, 0.29) is 0 Å². The molecular formula is C11H10Br2N2O. The number of aliphatic hydroxyl groups excluding tert-OH is 1. The summed E-state index contributed by atoms with van der Waals surface area (Å²) >= 11 is 6.81. The fraction of sp³-hybridized carbons (Fsp3) is 0.182. The molecule has 0 fully saturated rings. The summed E-state index contributed by atoms with van der Waals surface area (Å²) in [7, 11) is 1.83. The number of aryl methyl sites for hydroxylation is 1. The molecule has 0 radical (unpaired) electrons. The summed E-state index contributed by atoms with van der Waals surface area (Å²) in [4.78, 5) is 0. The quantitative estimate of drug-likeness (QED) is 0.908. The fourth-order valence-electron chi connectivity index (χ4n) is 1.46. The van der Waals surface area contributed by atoms with E-state index >= 15 is 0 Å². The Morgan fingerprint density at radius 1 is 1.25 bits per heavy atom. The van der Waals surface area contributed by atoms with E-state index in [9.17, 15) is 5.11 Å². The predicted molar refractivity (Wildman–Crippen MR) is 69.1 cm³/mol. The molecule has 0 spiro atoms. The molecule has 3 nitrogen and oxygen atoms in total. The Kier molecular flexibility index (Phi) is 3.47. The van der Waals surface area contributed by atoms with Crippen LogP contribution in [0.2, 0.25) is 0 Å². The Balaban J connectivity index is 2.33. The minimum atomic E-state index is -0.641. The number of rotatable bonds is 2. The van der Waals surface area contributed by atoms with E-state index in [0.717, 1.165) is 20.1 Å². The first-order valence-corrected chi connectivity index (χ1v) is 6.28. The van der Waals surface area contributed by atoms with E-state index < -0.39 is 6.10 Å². The van der Waals surface area contributed by atoms with Gasteiger partial charge in [-0.1, -0.05) is 6.07 Å². The van der Waals surface area contributed by atoms with Crippen molar-refractivity contribution in [1.29, 1.82) is 0 Å². The van der Waals surface area contributed by atoms with Gasteiger partial charge in [0.25, 0.3) is 0 Å². The van der Waals surface area contributed by atoms with Gasteiger partial charge >= 0.3 is 0 Å². The van der Waals surface area contributed by atoms with Crippen LogP contribution in [0.25, 0.3) is 0 Å². The van der Waals surface area contributed by atoms with Gasteiger partial charge in [0.2, 0.25) is 0 Å². The molecule has 0 aliphatic heterocycles. The van der Waals surface area contributed by atoms with Crippen molar-refractivity contribution < 1.29 is 5.11 Å². The minimum Gasteiger partial charge on any atom is -0.384 e. The molecule has 1 atom stereocenters. The number of aliphatic hydroxyl groups is 1. The molecule has 0 aliphatic rings. The van der Waals surface area contributed by atoms with Gasteiger partial charge in [-0.05, 0) is 49.6 Å². The summed E-state index contributed by atoms with van der Waals surface area (Å²) in [5, 5.41) is 14.2. The molecule has 1 N–H and O–H groups in total. The zero-order chi connectivity index (χ0) is 11.7. The lowest BCUT2D eigenvalue weighted by atomic mass is 10.1. The highest BCUT2D eigenvalue weighted by Crippen LogP contribution is 2.29. The van der Waals surface area contributed by atoms with Crippen molar-refractivity contribution in [3.05, 3.63) is 50.7 Å². The average Bonchev–Trinajstić information content (AvgIpc) is 2.68. The second-order valence-electron chi connectivity index (χ2n) is 3.52. The van der Waals surface area contributed by atoms with E-state index in [1.807, 2.05) is 25.2 Å². The van der Waals surface area contributed by atoms with E-state index in [1.54, 1.807) is 17.1 Å². The third-order valence-corrected chi connectivity index (χ3v) is 4.18. The van der Waals surface area contributed by atoms with Crippen LogP contribution in [0, 0.1) is 0 Å². The zero-order valence-electron chi connectivity index (χ0n) is 8.56. The summed E-state index contributed by atoms with van der Waals surface area (Å²) < 4.78 is 3.56. The van der Waals surface area contributed by atoms with Gasteiger partial charge in [-0.2, -0.15) is 5.10 Å². The lowest BCUT2D eigenvalue weighted by molar-refractivity contribution is 0.220. The Hall–Kier alpha value is -0.650. The normalized spacial score (nSPS) is 12.8. The molecule has 16 heavy (non-hydrogen) atoms. The molecule has 0 aliphatic carbocycles. The second-order valence-corrected chi connectivity index (χ2v) is 5.23. The molecule has 1 unspecified atom stereocenters. The molecule has 0 bridgehead atoms. The monoisotopic (exact) mass is 344 g/mol. The molecule has 1 aromatic heterocycles. The molecule has 2 aromatic rings. The highest BCUT2D eigenvalue weighted by Gasteiger charge is 2.13. The average molecular weight is 346 g/mol. The Bertz CT molecular complexity index is 510. The summed E-state index contributed by atoms with van der Waals surface area (Å²) in [5.41, 5.74) is 1.62. The predicted octanol–water partition coefficient (Wildman–Crippen LogP) is 3.03. The van der Waals surface area contributed by atoms with Crippen LogP contribution in [0.3, 0.4) is 0 Å². The van der Waals surface area contributed by atoms with Gasteiger partial charge in [0.1, 0.15) is 6.10 Å². The first kappa shape index (κ1) is 11.8. The van der Waals surface area contributed by atoms with Crippen molar-refractivity contribution in [3.8, 4) is 0 Å². The lowest BCUT2D eigenvalue weighted by Gasteiger charge is -2.09. The van der Waals surface area contributed by atoms with Crippen molar-refractivity contribution in [2.45, 2.75) is 6.10 Å². The SMILES string of the molecule is Cn1cc(C(O)c2ccc(Br)c(Br)c2)cn1. The van der Waals surface area contributed by atoms with Crippen LogP contribution in [-0.4, -0.2) is 14.9 Å². The number of benzene rings is 1. The van der Waals surface area contributed by atoms with Crippen molar-refractivity contribution in [3.63, 3.8) is 0 Å². The Labute approximate surface area is 110 Å². The van der Waals surface area contributed by atoms with Gasteiger partial charge in [-0.25, -0.2) is 0 Å². The molecule has 84 valence electrons. The molecule has 1 heterocycles. The summed E-state index contributed by atoms with van der Waals surface area (Å²) in [5.74, 6) is 0. The summed E-state index contributed by atoms with van der Waals surface area (Å²) in [6.45, 7) is 0. The van der Waals surface area contributed by atoms with Gasteiger partial charge in [0, 0.05) is 27.8 Å². The first-order valence-electron chi connectivity index (χ1n) is 4.69. The third-order valence-electron chi connectivity index (χ3n) is 2.30. The van der Waals surface area contributed by atoms with E-state index in [4.69, 9.17) is 0 Å². The van der Waals surface area contributed by atoms with Crippen LogP contribution in [0.15, 0.2) is 39.5 Å². The molecule has 0 saturated heterocycles. The fourth-order valence-corrected chi connectivity index (χ4v) is 2.10. The standard InChI is InChI=1S/C11H10Br2N2O/c1-15-6-8(5-14-15)11(16)7-2-3-9(12)10(13)4-7/h2-6,11,16H,1H3. The number of halogens is 2. The van der Waals surface area contributed by atoms with E-state index in [2.05, 4.69) is 37.0 Å². The van der Waals surface area contributed by atoms with Gasteiger partial charge < -0.3 is 5.11 Å². The molecule has 0 amide bonds. The van der Waals surface area contributed by atoms with Crippen LogP contribution in [0.4, 0.5) is 0 Å². The highest BCUT2D eigenvalue weighted by atomic mass is 79.9. The van der Waals surface area contributed by atoms with Gasteiger partial charge in [-0.15, -0.1) is 0 Å². The van der Waals surface area contributed by atoms with Crippen molar-refractivity contribution in [1.82, 2.24) is 9.78 Å². The van der Waals surface area contributed by atoms with Crippen molar-refractivity contribution in [2.24, 2.45) is 7.05 Å². The van der Waals surface area contributed by atoms with Crippen LogP contribution in [-0.2, 0) is 7.05 Å². The first-order chi connectivity index (χ1) is 7.58. The molecule has 1 aromatic carbocycles. The number of hydrogen-bond acceptors (Lipinski definition) is 2. The maximum absolute atomic E-state index is 10.1. The maximum Gasteiger partial charge on any atom is 0.107 e. The molecule has 0 saturated carbocycles. The number of aromatic nitrogens is 2. The lowest BCUT2D eigenvalue weighted by Crippen LogP contribution is -1.98. The second kappa shape index (κ2) is 4.69. The molecule has 5 heteroatoms. The van der Waals surface area contributed by atoms with Gasteiger partial charge in [-0.3, -0.25) is 4.68 Å².